The van der Waals surface area contributed by atoms with Gasteiger partial charge in [-0.15, -0.1) is 11.3 Å². The smallest absolute Gasteiger partial charge is 0.229 e. The molecule has 0 radical (unpaired) electrons. The van der Waals surface area contributed by atoms with Crippen LogP contribution in [0.15, 0.2) is 81.9 Å². The number of aldehydes is 2. The lowest BCUT2D eigenvalue weighted by Crippen LogP contribution is -2.39. The summed E-state index contributed by atoms with van der Waals surface area (Å²) in [7, 11) is 1.89. The van der Waals surface area contributed by atoms with E-state index >= 15 is 0 Å². The molecule has 0 saturated carbocycles. The van der Waals surface area contributed by atoms with Gasteiger partial charge in [0.2, 0.25) is 17.7 Å². The Morgan fingerprint density at radius 3 is 1.99 bits per heavy atom. The Morgan fingerprint density at radius 2 is 1.48 bits per heavy atom. The number of nitrogens with zero attached hydrogens (tertiary/aromatic N) is 3. The monoisotopic (exact) mass is 1160 g/mol. The van der Waals surface area contributed by atoms with Gasteiger partial charge in [-0.2, -0.15) is 10.2 Å². The van der Waals surface area contributed by atoms with Crippen LogP contribution in [0.3, 0.4) is 0 Å². The highest BCUT2D eigenvalue weighted by Crippen LogP contribution is 2.30. The standard InChI is InChI=1S/C22H28ClN3S.C16H26N2O4.C15H20O2.C6H9NO2.C3H6O.C2H6/c1-7-8-20(26-25-14(2)3)13-24-22(18-9-11-19(23)12-10-18)21-15(4)16(5)27-17(21)6;1-3-16(19)18-14-4-6-15(7-5-14)22-13-12-21-11-10-20-9-8-17-2;1-4-7-12-8-6-9-13(14(12)10-16)15(17)11(3)5-2;1-4-2-3-5(8)7-6(4)9;1-2-3-4;1-2/h9-12H,7-8,13H2,1-6H3;4-7,17H,3,8-13H2,1-2H3,(H,18,19);6,8-11H,4-5,7H2,1-3H3;4H,2-3H2,1H3,(H,7,8,9);3H,2H2,1H3;1-2H3/b24-22?,26-20+;;;;;. The molecule has 2 heterocycles. The van der Waals surface area contributed by atoms with Crippen molar-refractivity contribution in [2.45, 2.75) is 155 Å². The largest absolute Gasteiger partial charge is 0.491 e. The average molecular weight is 1160 g/mol. The van der Waals surface area contributed by atoms with Crippen LogP contribution in [0.5, 0.6) is 5.75 Å². The van der Waals surface area contributed by atoms with Crippen LogP contribution in [0, 0.1) is 32.6 Å². The van der Waals surface area contributed by atoms with Gasteiger partial charge in [-0.25, -0.2) is 0 Å². The zero-order valence-corrected chi connectivity index (χ0v) is 52.8. The molecular formula is C64H95ClN6O9S. The molecule has 1 fully saturated rings. The number of piperidine rings is 1. The molecule has 2 atom stereocenters. The summed E-state index contributed by atoms with van der Waals surface area (Å²) in [6.07, 6.45) is 8.53. The molecule has 81 heavy (non-hydrogen) atoms. The van der Waals surface area contributed by atoms with Crippen LogP contribution in [0.25, 0.3) is 0 Å². The number of aryl methyl sites for hydroxylation is 3. The number of aliphatic imine (C=N–C) groups is 1. The van der Waals surface area contributed by atoms with Gasteiger partial charge in [0.25, 0.3) is 0 Å². The number of anilines is 1. The summed E-state index contributed by atoms with van der Waals surface area (Å²) in [5.41, 5.74) is 9.48. The molecule has 15 nitrogen and oxygen atoms in total. The molecule has 0 spiro atoms. The van der Waals surface area contributed by atoms with E-state index in [1.54, 1.807) is 6.07 Å². The van der Waals surface area contributed by atoms with Gasteiger partial charge in [0.1, 0.15) is 18.6 Å². The number of ether oxygens (including phenoxy) is 3. The molecule has 3 aromatic carbocycles. The van der Waals surface area contributed by atoms with E-state index in [1.165, 1.54) is 20.9 Å². The summed E-state index contributed by atoms with van der Waals surface area (Å²) in [5, 5.41) is 17.4. The number of hydrogen-bond donors (Lipinski definition) is 3. The van der Waals surface area contributed by atoms with Crippen LogP contribution in [-0.2, 0) is 35.1 Å². The predicted molar refractivity (Wildman–Crippen MR) is 337 cm³/mol. The Kier molecular flexibility index (Phi) is 42.2. The normalized spacial score (nSPS) is 13.0. The third kappa shape index (κ3) is 31.1. The van der Waals surface area contributed by atoms with E-state index in [4.69, 9.17) is 30.8 Å². The number of Topliss-reactive ketones (excluding diaryl/α,β-unsaturated/α-hetero) is 1. The first-order chi connectivity index (χ1) is 38.8. The minimum absolute atomic E-state index is 0.000921. The van der Waals surface area contributed by atoms with E-state index in [1.807, 2.05) is 141 Å². The molecule has 3 amide bonds. The highest BCUT2D eigenvalue weighted by molar-refractivity contribution is 7.12. The van der Waals surface area contributed by atoms with Crippen LogP contribution < -0.4 is 20.7 Å². The number of carbonyl (C=O) groups excluding carboxylic acids is 6. The molecule has 448 valence electrons. The van der Waals surface area contributed by atoms with Crippen molar-refractivity contribution >= 4 is 81.8 Å². The zero-order chi connectivity index (χ0) is 61.1. The molecule has 0 bridgehead atoms. The van der Waals surface area contributed by atoms with Gasteiger partial charge < -0.3 is 29.6 Å². The first-order valence-electron chi connectivity index (χ1n) is 28.5. The van der Waals surface area contributed by atoms with Crippen molar-refractivity contribution in [2.75, 3.05) is 58.5 Å². The Hall–Kier alpha value is -6.04. The Bertz CT molecular complexity index is 2560. The van der Waals surface area contributed by atoms with Gasteiger partial charge in [0.15, 0.2) is 12.1 Å². The highest BCUT2D eigenvalue weighted by Gasteiger charge is 2.22. The van der Waals surface area contributed by atoms with Crippen molar-refractivity contribution < 1.29 is 43.0 Å². The first-order valence-corrected chi connectivity index (χ1v) is 29.7. The van der Waals surface area contributed by atoms with Gasteiger partial charge in [-0.05, 0) is 115 Å². The lowest BCUT2D eigenvalue weighted by molar-refractivity contribution is -0.135. The Balaban J connectivity index is 0.00000107. The number of thiophene rings is 1. The van der Waals surface area contributed by atoms with Crippen LogP contribution >= 0.6 is 22.9 Å². The molecule has 3 N–H and O–H groups in total. The van der Waals surface area contributed by atoms with Gasteiger partial charge >= 0.3 is 0 Å². The van der Waals surface area contributed by atoms with E-state index in [9.17, 15) is 28.8 Å². The van der Waals surface area contributed by atoms with Crippen molar-refractivity contribution in [3.8, 4) is 5.75 Å². The zero-order valence-electron chi connectivity index (χ0n) is 51.3. The van der Waals surface area contributed by atoms with Gasteiger partial charge in [-0.3, -0.25) is 34.3 Å². The van der Waals surface area contributed by atoms with E-state index < -0.39 is 0 Å². The fraction of sp³-hybridized carbons (Fsp3) is 0.516. The summed E-state index contributed by atoms with van der Waals surface area (Å²) in [6, 6.07) is 20.8. The summed E-state index contributed by atoms with van der Waals surface area (Å²) >= 11 is 7.92. The summed E-state index contributed by atoms with van der Waals surface area (Å²) in [5.74, 6) is 0.549. The molecule has 1 saturated heterocycles. The SMILES string of the molecule is CC.CC1CCC(=O)NC1=O.CCC(=O)Nc1ccc(OCCOCCOCCNC)cc1.CCC/C(CN=C(c1ccc(Cl)cc1)c1c(C)sc(C)c1C)=N\N=C(C)C.CCC=O.CCCc1cccc(C(=O)C(C)CC)c1C=O. The number of carbonyl (C=O) groups is 6. The third-order valence-electron chi connectivity index (χ3n) is 11.9. The minimum atomic E-state index is -0.141. The van der Waals surface area contributed by atoms with Crippen LogP contribution in [0.4, 0.5) is 5.69 Å². The van der Waals surface area contributed by atoms with E-state index in [0.717, 1.165) is 95.9 Å². The molecule has 17 heteroatoms. The molecule has 1 aliphatic heterocycles. The molecule has 0 aliphatic carbocycles. The maximum Gasteiger partial charge on any atom is 0.229 e. The van der Waals surface area contributed by atoms with E-state index in [0.29, 0.717) is 76.4 Å². The number of hydrogen-bond acceptors (Lipinski definition) is 14. The molecule has 2 unspecified atom stereocenters. The third-order valence-corrected chi connectivity index (χ3v) is 13.3. The number of nitrogens with one attached hydrogen (secondary N) is 3. The lowest BCUT2D eigenvalue weighted by atomic mass is 9.90. The van der Waals surface area contributed by atoms with Crippen molar-refractivity contribution in [1.29, 1.82) is 0 Å². The number of likely N-dealkylation sites (N-methyl/N-ethyl adjacent to an activating group) is 1. The lowest BCUT2D eigenvalue weighted by Gasteiger charge is -2.15. The quantitative estimate of drug-likeness (QED) is 0.0136. The van der Waals surface area contributed by atoms with Crippen molar-refractivity contribution in [3.05, 3.63) is 115 Å². The minimum Gasteiger partial charge on any atom is -0.491 e. The number of amides is 3. The van der Waals surface area contributed by atoms with Crippen molar-refractivity contribution in [1.82, 2.24) is 10.6 Å². The maximum atomic E-state index is 12.2. The second-order valence-electron chi connectivity index (χ2n) is 18.8. The first kappa shape index (κ1) is 75.0. The van der Waals surface area contributed by atoms with Crippen LogP contribution in [-0.4, -0.2) is 106 Å². The molecule has 1 aromatic heterocycles. The van der Waals surface area contributed by atoms with Crippen molar-refractivity contribution in [3.63, 3.8) is 0 Å². The van der Waals surface area contributed by atoms with Gasteiger partial charge in [0, 0.05) is 86.1 Å². The summed E-state index contributed by atoms with van der Waals surface area (Å²) in [6.45, 7) is 32.2. The average Bonchev–Trinajstić information content (AvgIpc) is 3.74. The summed E-state index contributed by atoms with van der Waals surface area (Å²) < 4.78 is 16.3. The number of ketones is 1. The number of benzene rings is 3. The van der Waals surface area contributed by atoms with Gasteiger partial charge in [0.05, 0.1) is 44.4 Å². The van der Waals surface area contributed by atoms with Crippen LogP contribution in [0.2, 0.25) is 5.02 Å². The predicted octanol–water partition coefficient (Wildman–Crippen LogP) is 13.8. The fourth-order valence-corrected chi connectivity index (χ4v) is 8.35. The van der Waals surface area contributed by atoms with Crippen molar-refractivity contribution in [2.24, 2.45) is 27.0 Å². The summed E-state index contributed by atoms with van der Waals surface area (Å²) in [4.78, 5) is 72.5. The number of halogens is 1. The second-order valence-corrected chi connectivity index (χ2v) is 20.7. The van der Waals surface area contributed by atoms with E-state index in [2.05, 4.69) is 60.8 Å². The second kappa shape index (κ2) is 45.6. The Morgan fingerprint density at radius 1 is 0.852 bits per heavy atom. The van der Waals surface area contributed by atoms with Crippen LogP contribution in [0.1, 0.15) is 180 Å². The topological polar surface area (TPSA) is 203 Å². The maximum absolute atomic E-state index is 12.2. The molecular weight excluding hydrogens is 1060 g/mol. The molecule has 1 aliphatic rings. The Labute approximate surface area is 494 Å². The van der Waals surface area contributed by atoms with Gasteiger partial charge in [-0.1, -0.05) is 117 Å². The molecule has 5 rings (SSSR count). The number of rotatable bonds is 26. The van der Waals surface area contributed by atoms with E-state index in [-0.39, 0.29) is 35.3 Å². The fourth-order valence-electron chi connectivity index (χ4n) is 7.16. The molecule has 4 aromatic rings. The number of imide groups is 1. The highest BCUT2D eigenvalue weighted by atomic mass is 35.5.